The second-order valence-corrected chi connectivity index (χ2v) is 10.2. The van der Waals surface area contributed by atoms with E-state index in [9.17, 15) is 18.3 Å². The van der Waals surface area contributed by atoms with Gasteiger partial charge in [-0.05, 0) is 24.2 Å². The monoisotopic (exact) mass is 629 g/mol. The van der Waals surface area contributed by atoms with Crippen LogP contribution in [0.2, 0.25) is 10.0 Å². The fraction of sp³-hybridized carbons (Fsp3) is 0.407. The summed E-state index contributed by atoms with van der Waals surface area (Å²) in [6, 6.07) is 7.07. The standard InChI is InChI=1S/C27H32Cl2F3N7O3/c1-4-38-7-9-39(10-8-38)14-16-5-6-17(11-18(16)27(30,31)32)35-21-13-22(34-15-33-21)36-26(40)37-25-23(28)19(41-2)12-20(42-3)24(25)29/h5-6,11-13,15,26,37,40H,4,7-10,14H2,1-3H3,(H2,33,34,35,36). The highest BCUT2D eigenvalue weighted by Gasteiger charge is 2.34. The van der Waals surface area contributed by atoms with E-state index in [4.69, 9.17) is 32.7 Å². The molecule has 0 aliphatic carbocycles. The largest absolute Gasteiger partial charge is 0.495 e. The van der Waals surface area contributed by atoms with Crippen LogP contribution in [-0.4, -0.2) is 78.2 Å². The molecule has 42 heavy (non-hydrogen) atoms. The minimum absolute atomic E-state index is 0.112. The van der Waals surface area contributed by atoms with Gasteiger partial charge in [-0.15, -0.1) is 0 Å². The lowest BCUT2D eigenvalue weighted by atomic mass is 10.0. The van der Waals surface area contributed by atoms with E-state index in [2.05, 4.69) is 37.7 Å². The molecule has 0 bridgehead atoms. The number of hydrogen-bond acceptors (Lipinski definition) is 10. The van der Waals surface area contributed by atoms with Gasteiger partial charge in [0.2, 0.25) is 6.35 Å². The molecule has 0 radical (unpaired) electrons. The van der Waals surface area contributed by atoms with Crippen LogP contribution >= 0.6 is 23.2 Å². The van der Waals surface area contributed by atoms with Crippen molar-refractivity contribution in [2.45, 2.75) is 26.0 Å². The topological polar surface area (TPSA) is 107 Å². The number of benzene rings is 2. The molecule has 1 aliphatic rings. The van der Waals surface area contributed by atoms with E-state index >= 15 is 0 Å². The zero-order chi connectivity index (χ0) is 30.4. The molecule has 10 nitrogen and oxygen atoms in total. The van der Waals surface area contributed by atoms with Crippen LogP contribution in [0, 0.1) is 0 Å². The Labute approximate surface area is 251 Å². The Morgan fingerprint density at radius 2 is 1.55 bits per heavy atom. The third-order valence-electron chi connectivity index (χ3n) is 6.80. The van der Waals surface area contributed by atoms with E-state index in [0.29, 0.717) is 13.1 Å². The van der Waals surface area contributed by atoms with Gasteiger partial charge < -0.3 is 35.4 Å². The minimum Gasteiger partial charge on any atom is -0.495 e. The maximum absolute atomic E-state index is 14.0. The normalized spacial score (nSPS) is 15.3. The molecule has 228 valence electrons. The highest BCUT2D eigenvalue weighted by Crippen LogP contribution is 2.44. The quantitative estimate of drug-likeness (QED) is 0.203. The molecule has 2 aromatic carbocycles. The predicted octanol–water partition coefficient (Wildman–Crippen LogP) is 5.50. The predicted molar refractivity (Wildman–Crippen MR) is 157 cm³/mol. The first kappa shape index (κ1) is 31.7. The van der Waals surface area contributed by atoms with Gasteiger partial charge in [0.15, 0.2) is 0 Å². The van der Waals surface area contributed by atoms with Gasteiger partial charge in [0.1, 0.15) is 39.5 Å². The van der Waals surface area contributed by atoms with E-state index in [-0.39, 0.29) is 56.7 Å². The Balaban J connectivity index is 1.46. The number of hydrogen-bond donors (Lipinski definition) is 4. The lowest BCUT2D eigenvalue weighted by molar-refractivity contribution is -0.138. The number of halogens is 5. The highest BCUT2D eigenvalue weighted by atomic mass is 35.5. The van der Waals surface area contributed by atoms with Gasteiger partial charge in [0, 0.05) is 50.5 Å². The molecule has 15 heteroatoms. The molecule has 1 aromatic heterocycles. The zero-order valence-corrected chi connectivity index (χ0v) is 24.7. The summed E-state index contributed by atoms with van der Waals surface area (Å²) in [5.74, 6) is 0.901. The highest BCUT2D eigenvalue weighted by molar-refractivity contribution is 6.41. The van der Waals surface area contributed by atoms with Crippen LogP contribution in [0.5, 0.6) is 11.5 Å². The van der Waals surface area contributed by atoms with E-state index in [1.807, 2.05) is 4.90 Å². The van der Waals surface area contributed by atoms with E-state index in [1.165, 1.54) is 38.7 Å². The number of piperazine rings is 1. The first-order chi connectivity index (χ1) is 20.0. The second kappa shape index (κ2) is 13.8. The number of aliphatic hydroxyl groups is 1. The molecule has 1 unspecified atom stereocenters. The summed E-state index contributed by atoms with van der Waals surface area (Å²) in [5, 5.41) is 19.1. The number of aliphatic hydroxyl groups excluding tert-OH is 1. The van der Waals surface area contributed by atoms with Gasteiger partial charge in [-0.25, -0.2) is 9.97 Å². The summed E-state index contributed by atoms with van der Waals surface area (Å²) in [7, 11) is 2.84. The van der Waals surface area contributed by atoms with Gasteiger partial charge in [-0.2, -0.15) is 13.2 Å². The zero-order valence-electron chi connectivity index (χ0n) is 23.2. The van der Waals surface area contributed by atoms with Gasteiger partial charge in [0.05, 0.1) is 25.5 Å². The Morgan fingerprint density at radius 1 is 0.929 bits per heavy atom. The van der Waals surface area contributed by atoms with Crippen LogP contribution in [0.1, 0.15) is 18.1 Å². The Hall–Kier alpha value is -3.23. The molecule has 4 rings (SSSR count). The Kier molecular flexibility index (Phi) is 10.4. The maximum atomic E-state index is 14.0. The molecule has 2 heterocycles. The molecule has 0 saturated carbocycles. The van der Waals surface area contributed by atoms with E-state index in [0.717, 1.165) is 25.7 Å². The third-order valence-corrected chi connectivity index (χ3v) is 7.55. The van der Waals surface area contributed by atoms with Crippen molar-refractivity contribution in [1.82, 2.24) is 19.8 Å². The number of aromatic nitrogens is 2. The number of ether oxygens (including phenoxy) is 2. The average molecular weight is 630 g/mol. The molecule has 1 fully saturated rings. The van der Waals surface area contributed by atoms with Crippen molar-refractivity contribution >= 4 is 46.2 Å². The molecule has 1 saturated heterocycles. The molecule has 3 aromatic rings. The molecule has 0 amide bonds. The first-order valence-electron chi connectivity index (χ1n) is 13.1. The van der Waals surface area contributed by atoms with Gasteiger partial charge >= 0.3 is 6.18 Å². The number of methoxy groups -OCH3 is 2. The number of alkyl halides is 3. The SMILES string of the molecule is CCN1CCN(Cc2ccc(Nc3cc(NC(O)Nc4c(Cl)c(OC)cc(OC)c4Cl)ncn3)cc2C(F)(F)F)CC1. The lowest BCUT2D eigenvalue weighted by Gasteiger charge is -2.34. The van der Waals surface area contributed by atoms with Gasteiger partial charge in [0.25, 0.3) is 0 Å². The van der Waals surface area contributed by atoms with Crippen molar-refractivity contribution in [3.63, 3.8) is 0 Å². The number of nitrogens with zero attached hydrogens (tertiary/aromatic N) is 4. The maximum Gasteiger partial charge on any atom is 0.416 e. The summed E-state index contributed by atoms with van der Waals surface area (Å²) >= 11 is 12.7. The van der Waals surface area contributed by atoms with Crippen molar-refractivity contribution in [2.75, 3.05) is 62.9 Å². The van der Waals surface area contributed by atoms with Crippen LogP contribution in [0.15, 0.2) is 36.7 Å². The van der Waals surface area contributed by atoms with Crippen molar-refractivity contribution < 1.29 is 27.8 Å². The molecule has 0 spiro atoms. The van der Waals surface area contributed by atoms with Crippen LogP contribution in [0.3, 0.4) is 0 Å². The van der Waals surface area contributed by atoms with Crippen molar-refractivity contribution in [1.29, 1.82) is 0 Å². The molecular formula is C27H32Cl2F3N7O3. The molecule has 1 aliphatic heterocycles. The average Bonchev–Trinajstić information content (AvgIpc) is 2.96. The third kappa shape index (κ3) is 7.78. The van der Waals surface area contributed by atoms with Crippen LogP contribution < -0.4 is 25.4 Å². The van der Waals surface area contributed by atoms with Crippen molar-refractivity contribution in [2.24, 2.45) is 0 Å². The smallest absolute Gasteiger partial charge is 0.416 e. The summed E-state index contributed by atoms with van der Waals surface area (Å²) in [6.07, 6.45) is -4.77. The molecule has 1 atom stereocenters. The van der Waals surface area contributed by atoms with Gasteiger partial charge in [-0.3, -0.25) is 4.90 Å². The van der Waals surface area contributed by atoms with Crippen LogP contribution in [0.4, 0.5) is 36.2 Å². The number of rotatable bonds is 11. The first-order valence-corrected chi connectivity index (χ1v) is 13.8. The fourth-order valence-corrected chi connectivity index (χ4v) is 5.15. The Morgan fingerprint density at radius 3 is 2.14 bits per heavy atom. The minimum atomic E-state index is -4.53. The molecule has 4 N–H and O–H groups in total. The summed E-state index contributed by atoms with van der Waals surface area (Å²) in [4.78, 5) is 12.5. The van der Waals surface area contributed by atoms with Crippen LogP contribution in [0.25, 0.3) is 0 Å². The summed E-state index contributed by atoms with van der Waals surface area (Å²) < 4.78 is 52.5. The lowest BCUT2D eigenvalue weighted by Crippen LogP contribution is -2.45. The van der Waals surface area contributed by atoms with Crippen LogP contribution in [-0.2, 0) is 12.7 Å². The number of nitrogens with one attached hydrogen (secondary N) is 3. The Bertz CT molecular complexity index is 1350. The van der Waals surface area contributed by atoms with E-state index in [1.54, 1.807) is 6.07 Å². The van der Waals surface area contributed by atoms with E-state index < -0.39 is 18.1 Å². The fourth-order valence-electron chi connectivity index (χ4n) is 4.54. The second-order valence-electron chi connectivity index (χ2n) is 9.47. The number of anilines is 4. The summed E-state index contributed by atoms with van der Waals surface area (Å²) in [6.45, 7) is 6.31. The van der Waals surface area contributed by atoms with Crippen molar-refractivity contribution in [3.05, 3.63) is 57.8 Å². The van der Waals surface area contributed by atoms with Crippen molar-refractivity contribution in [3.8, 4) is 11.5 Å². The number of likely N-dealkylation sites (N-methyl/N-ethyl adjacent to an activating group) is 1. The summed E-state index contributed by atoms with van der Waals surface area (Å²) in [5.41, 5.74) is -0.148. The van der Waals surface area contributed by atoms with Gasteiger partial charge in [-0.1, -0.05) is 36.2 Å². The molecular weight excluding hydrogens is 598 g/mol.